The number of nitrogens with one attached hydrogen (secondary N) is 1. The summed E-state index contributed by atoms with van der Waals surface area (Å²) in [6, 6.07) is 13.4. The van der Waals surface area contributed by atoms with Crippen LogP contribution in [0.15, 0.2) is 52.2 Å². The van der Waals surface area contributed by atoms with Crippen molar-refractivity contribution >= 4 is 29.9 Å². The van der Waals surface area contributed by atoms with Crippen LogP contribution in [-0.4, -0.2) is 78.2 Å². The molecular weight excluding hydrogens is 503 g/mol. The van der Waals surface area contributed by atoms with Crippen LogP contribution < -0.4 is 5.32 Å². The maximum absolute atomic E-state index is 4.94. The highest BCUT2D eigenvalue weighted by Crippen LogP contribution is 2.24. The van der Waals surface area contributed by atoms with E-state index in [2.05, 4.69) is 67.4 Å². The molecule has 2 aliphatic heterocycles. The number of aromatic nitrogens is 1. The Kier molecular flexibility index (Phi) is 9.15. The van der Waals surface area contributed by atoms with Gasteiger partial charge in [0.1, 0.15) is 6.26 Å². The standard InChI is InChI=1S/C23H34N6O.HI/c1-19-14-21(17-29(19)16-20-6-4-3-5-7-20)15-25-23(24-2)28-11-9-27(10-12-28)18-22-8-13-30-26-22;/h3-8,13,19,21H,9-12,14-18H2,1-2H3,(H,24,25);1H. The molecule has 8 heteroatoms. The summed E-state index contributed by atoms with van der Waals surface area (Å²) in [4.78, 5) is 11.9. The zero-order chi connectivity index (χ0) is 20.8. The molecule has 2 saturated heterocycles. The summed E-state index contributed by atoms with van der Waals surface area (Å²) in [5.41, 5.74) is 2.40. The Morgan fingerprint density at radius 2 is 1.90 bits per heavy atom. The third kappa shape index (κ3) is 6.66. The van der Waals surface area contributed by atoms with Gasteiger partial charge in [-0.1, -0.05) is 35.5 Å². The van der Waals surface area contributed by atoms with Crippen molar-refractivity contribution < 1.29 is 4.52 Å². The lowest BCUT2D eigenvalue weighted by Gasteiger charge is -2.36. The third-order valence-corrected chi connectivity index (χ3v) is 6.33. The number of rotatable bonds is 6. The van der Waals surface area contributed by atoms with E-state index < -0.39 is 0 Å². The van der Waals surface area contributed by atoms with Gasteiger partial charge in [0.15, 0.2) is 5.96 Å². The maximum Gasteiger partial charge on any atom is 0.193 e. The van der Waals surface area contributed by atoms with Crippen LogP contribution in [0.4, 0.5) is 0 Å². The average molecular weight is 538 g/mol. The second-order valence-electron chi connectivity index (χ2n) is 8.55. The minimum Gasteiger partial charge on any atom is -0.364 e. The third-order valence-electron chi connectivity index (χ3n) is 6.33. The topological polar surface area (TPSA) is 60.1 Å². The van der Waals surface area contributed by atoms with E-state index in [0.29, 0.717) is 12.0 Å². The number of likely N-dealkylation sites (tertiary alicyclic amines) is 1. The van der Waals surface area contributed by atoms with Crippen LogP contribution in [0.3, 0.4) is 0 Å². The lowest BCUT2D eigenvalue weighted by molar-refractivity contribution is 0.168. The van der Waals surface area contributed by atoms with Crippen molar-refractivity contribution in [2.45, 2.75) is 32.5 Å². The zero-order valence-electron chi connectivity index (χ0n) is 18.6. The predicted octanol–water partition coefficient (Wildman–Crippen LogP) is 2.90. The number of benzene rings is 1. The minimum atomic E-state index is 0. The van der Waals surface area contributed by atoms with Crippen LogP contribution in [0.5, 0.6) is 0 Å². The highest BCUT2D eigenvalue weighted by atomic mass is 127. The molecule has 2 aromatic rings. The summed E-state index contributed by atoms with van der Waals surface area (Å²) < 4.78 is 4.94. The molecule has 170 valence electrons. The van der Waals surface area contributed by atoms with E-state index in [1.165, 1.54) is 12.0 Å². The lowest BCUT2D eigenvalue weighted by Crippen LogP contribution is -2.52. The first-order valence-corrected chi connectivity index (χ1v) is 11.1. The van der Waals surface area contributed by atoms with Crippen LogP contribution in [-0.2, 0) is 13.1 Å². The number of guanidine groups is 1. The fourth-order valence-electron chi connectivity index (χ4n) is 4.64. The van der Waals surface area contributed by atoms with Crippen LogP contribution in [0, 0.1) is 5.92 Å². The van der Waals surface area contributed by atoms with Crippen molar-refractivity contribution in [2.24, 2.45) is 10.9 Å². The lowest BCUT2D eigenvalue weighted by atomic mass is 10.1. The second kappa shape index (κ2) is 11.8. The number of hydrogen-bond donors (Lipinski definition) is 1. The van der Waals surface area contributed by atoms with Gasteiger partial charge >= 0.3 is 0 Å². The first-order valence-electron chi connectivity index (χ1n) is 11.1. The van der Waals surface area contributed by atoms with Gasteiger partial charge in [0.2, 0.25) is 0 Å². The molecule has 1 aromatic carbocycles. The van der Waals surface area contributed by atoms with E-state index in [1.807, 2.05) is 13.1 Å². The monoisotopic (exact) mass is 538 g/mol. The van der Waals surface area contributed by atoms with E-state index in [-0.39, 0.29) is 24.0 Å². The van der Waals surface area contributed by atoms with Crippen molar-refractivity contribution in [1.82, 2.24) is 25.2 Å². The molecule has 1 N–H and O–H groups in total. The van der Waals surface area contributed by atoms with E-state index in [9.17, 15) is 0 Å². The molecule has 0 aliphatic carbocycles. The van der Waals surface area contributed by atoms with E-state index >= 15 is 0 Å². The van der Waals surface area contributed by atoms with Crippen LogP contribution >= 0.6 is 24.0 Å². The Morgan fingerprint density at radius 1 is 1.13 bits per heavy atom. The average Bonchev–Trinajstić information content (AvgIpc) is 3.40. The van der Waals surface area contributed by atoms with Gasteiger partial charge in [-0.05, 0) is 24.8 Å². The van der Waals surface area contributed by atoms with Gasteiger partial charge in [-0.2, -0.15) is 0 Å². The molecule has 2 atom stereocenters. The van der Waals surface area contributed by atoms with E-state index in [1.54, 1.807) is 6.26 Å². The first-order chi connectivity index (χ1) is 14.7. The smallest absolute Gasteiger partial charge is 0.193 e. The highest BCUT2D eigenvalue weighted by molar-refractivity contribution is 14.0. The van der Waals surface area contributed by atoms with Gasteiger partial charge in [-0.25, -0.2) is 0 Å². The SMILES string of the molecule is CN=C(NCC1CC(C)N(Cc2ccccc2)C1)N1CCN(Cc2ccon2)CC1.I. The normalized spacial score (nSPS) is 23.0. The molecule has 2 unspecified atom stereocenters. The van der Waals surface area contributed by atoms with Gasteiger partial charge in [0.05, 0.1) is 5.69 Å². The molecule has 31 heavy (non-hydrogen) atoms. The second-order valence-corrected chi connectivity index (χ2v) is 8.55. The molecule has 0 saturated carbocycles. The fourth-order valence-corrected chi connectivity index (χ4v) is 4.64. The van der Waals surface area contributed by atoms with Crippen molar-refractivity contribution in [2.75, 3.05) is 46.3 Å². The largest absolute Gasteiger partial charge is 0.364 e. The molecule has 0 radical (unpaired) electrons. The summed E-state index contributed by atoms with van der Waals surface area (Å²) in [6.45, 7) is 10.4. The Labute approximate surface area is 202 Å². The molecule has 7 nitrogen and oxygen atoms in total. The number of piperazine rings is 1. The van der Waals surface area contributed by atoms with Gasteiger partial charge < -0.3 is 14.7 Å². The molecule has 0 bridgehead atoms. The summed E-state index contributed by atoms with van der Waals surface area (Å²) in [7, 11) is 1.89. The van der Waals surface area contributed by atoms with Gasteiger partial charge in [-0.15, -0.1) is 24.0 Å². The first kappa shape index (κ1) is 24.0. The fraction of sp³-hybridized carbons (Fsp3) is 0.565. The highest BCUT2D eigenvalue weighted by Gasteiger charge is 2.29. The summed E-state index contributed by atoms with van der Waals surface area (Å²) >= 11 is 0. The maximum atomic E-state index is 4.94. The Hall–Kier alpha value is -1.65. The Bertz CT molecular complexity index is 792. The minimum absolute atomic E-state index is 0. The quantitative estimate of drug-likeness (QED) is 0.347. The number of nitrogens with zero attached hydrogens (tertiary/aromatic N) is 5. The van der Waals surface area contributed by atoms with Gasteiger partial charge in [0, 0.05) is 71.5 Å². The molecule has 0 spiro atoms. The number of halogens is 1. The molecule has 2 aliphatic rings. The summed E-state index contributed by atoms with van der Waals surface area (Å²) in [6.07, 6.45) is 2.88. The van der Waals surface area contributed by atoms with Crippen LogP contribution in [0.25, 0.3) is 0 Å². The summed E-state index contributed by atoms with van der Waals surface area (Å²) in [5.74, 6) is 1.69. The number of hydrogen-bond acceptors (Lipinski definition) is 5. The molecule has 2 fully saturated rings. The molecule has 4 rings (SSSR count). The van der Waals surface area contributed by atoms with Crippen LogP contribution in [0.2, 0.25) is 0 Å². The number of aliphatic imine (C=N–C) groups is 1. The van der Waals surface area contributed by atoms with Crippen molar-refractivity contribution in [3.8, 4) is 0 Å². The Balaban J connectivity index is 0.00000272. The summed E-state index contributed by atoms with van der Waals surface area (Å²) in [5, 5.41) is 7.67. The van der Waals surface area contributed by atoms with Crippen LogP contribution in [0.1, 0.15) is 24.6 Å². The zero-order valence-corrected chi connectivity index (χ0v) is 20.9. The molecular formula is C23H35IN6O. The van der Waals surface area contributed by atoms with E-state index in [4.69, 9.17) is 4.52 Å². The molecule has 0 amide bonds. The van der Waals surface area contributed by atoms with Crippen molar-refractivity contribution in [3.63, 3.8) is 0 Å². The Morgan fingerprint density at radius 3 is 2.58 bits per heavy atom. The molecule has 3 heterocycles. The predicted molar refractivity (Wildman–Crippen MR) is 135 cm³/mol. The molecule has 1 aromatic heterocycles. The van der Waals surface area contributed by atoms with Gasteiger partial charge in [-0.3, -0.25) is 14.8 Å². The van der Waals surface area contributed by atoms with Gasteiger partial charge in [0.25, 0.3) is 0 Å². The van der Waals surface area contributed by atoms with Crippen molar-refractivity contribution in [1.29, 1.82) is 0 Å². The van der Waals surface area contributed by atoms with E-state index in [0.717, 1.165) is 64.0 Å². The van der Waals surface area contributed by atoms with Crippen molar-refractivity contribution in [3.05, 3.63) is 53.9 Å².